The van der Waals surface area contributed by atoms with Gasteiger partial charge in [0.05, 0.1) is 0 Å². The van der Waals surface area contributed by atoms with E-state index in [0.717, 1.165) is 19.3 Å². The third-order valence-corrected chi connectivity index (χ3v) is 2.51. The molecule has 0 fully saturated rings. The van der Waals surface area contributed by atoms with Gasteiger partial charge in [0.1, 0.15) is 0 Å². The van der Waals surface area contributed by atoms with Gasteiger partial charge in [-0.25, -0.2) is 0 Å². The molecule has 0 unspecified atom stereocenters. The van der Waals surface area contributed by atoms with Crippen molar-refractivity contribution in [2.75, 3.05) is 0 Å². The maximum Gasteiger partial charge on any atom is 0.162 e. The molecular formula is C10H14O. The Morgan fingerprint density at radius 3 is 2.91 bits per heavy atom. The summed E-state index contributed by atoms with van der Waals surface area (Å²) in [6.45, 7) is 5.74. The summed E-state index contributed by atoms with van der Waals surface area (Å²) in [5.41, 5.74) is -0.123. The summed E-state index contributed by atoms with van der Waals surface area (Å²) in [5.74, 6) is 0.278. The minimum Gasteiger partial charge on any atom is -0.294 e. The van der Waals surface area contributed by atoms with E-state index in [9.17, 15) is 4.79 Å². The zero-order valence-electron chi connectivity index (χ0n) is 6.97. The smallest absolute Gasteiger partial charge is 0.162 e. The first-order valence-electron chi connectivity index (χ1n) is 4.07. The summed E-state index contributed by atoms with van der Waals surface area (Å²) in [6, 6.07) is 0. The molecule has 0 amide bonds. The molecule has 0 heterocycles. The first-order valence-corrected chi connectivity index (χ1v) is 4.07. The lowest BCUT2D eigenvalue weighted by molar-refractivity contribution is -0.122. The van der Waals surface area contributed by atoms with Crippen LogP contribution in [0.4, 0.5) is 0 Å². The standard InChI is InChI=1S/C10H14O/c1-3-7-10(4-2)8-5-6-9(10)11/h3,5-6H,1,4,7-8H2,2H3/t10-/m0/s1. The normalized spacial score (nSPS) is 29.4. The maximum absolute atomic E-state index is 11.4. The molecule has 1 heteroatoms. The van der Waals surface area contributed by atoms with Crippen LogP contribution in [-0.2, 0) is 4.79 Å². The van der Waals surface area contributed by atoms with Crippen LogP contribution in [-0.4, -0.2) is 5.78 Å². The van der Waals surface area contributed by atoms with E-state index < -0.39 is 0 Å². The average molecular weight is 150 g/mol. The van der Waals surface area contributed by atoms with Gasteiger partial charge in [-0.05, 0) is 25.3 Å². The number of ketones is 1. The highest BCUT2D eigenvalue weighted by atomic mass is 16.1. The van der Waals surface area contributed by atoms with Gasteiger partial charge >= 0.3 is 0 Å². The van der Waals surface area contributed by atoms with Crippen molar-refractivity contribution in [3.05, 3.63) is 24.8 Å². The van der Waals surface area contributed by atoms with Crippen molar-refractivity contribution in [2.24, 2.45) is 5.41 Å². The summed E-state index contributed by atoms with van der Waals surface area (Å²) in [7, 11) is 0. The Hall–Kier alpha value is -0.850. The fraction of sp³-hybridized carbons (Fsp3) is 0.500. The van der Waals surface area contributed by atoms with Gasteiger partial charge < -0.3 is 0 Å². The van der Waals surface area contributed by atoms with Crippen LogP contribution in [0.25, 0.3) is 0 Å². The van der Waals surface area contributed by atoms with Crippen LogP contribution in [0.5, 0.6) is 0 Å². The van der Waals surface area contributed by atoms with Crippen LogP contribution in [0.15, 0.2) is 24.8 Å². The van der Waals surface area contributed by atoms with Crippen LogP contribution >= 0.6 is 0 Å². The highest BCUT2D eigenvalue weighted by molar-refractivity contribution is 5.97. The Morgan fingerprint density at radius 2 is 2.55 bits per heavy atom. The molecule has 60 valence electrons. The second-order valence-electron chi connectivity index (χ2n) is 3.10. The van der Waals surface area contributed by atoms with Gasteiger partial charge in [-0.2, -0.15) is 0 Å². The Morgan fingerprint density at radius 1 is 1.82 bits per heavy atom. The van der Waals surface area contributed by atoms with Crippen LogP contribution in [0.3, 0.4) is 0 Å². The number of carbonyl (C=O) groups is 1. The van der Waals surface area contributed by atoms with Crippen molar-refractivity contribution >= 4 is 5.78 Å². The van der Waals surface area contributed by atoms with Gasteiger partial charge in [0.15, 0.2) is 5.78 Å². The number of hydrogen-bond acceptors (Lipinski definition) is 1. The molecular weight excluding hydrogens is 136 g/mol. The Labute approximate surface area is 67.8 Å². The monoisotopic (exact) mass is 150 g/mol. The summed E-state index contributed by atoms with van der Waals surface area (Å²) in [6.07, 6.45) is 8.14. The van der Waals surface area contributed by atoms with Crippen molar-refractivity contribution in [1.29, 1.82) is 0 Å². The third kappa shape index (κ3) is 1.28. The summed E-state index contributed by atoms with van der Waals surface area (Å²) >= 11 is 0. The molecule has 0 aromatic carbocycles. The minimum atomic E-state index is -0.123. The van der Waals surface area contributed by atoms with E-state index in [0.29, 0.717) is 0 Å². The van der Waals surface area contributed by atoms with Gasteiger partial charge in [-0.15, -0.1) is 6.58 Å². The van der Waals surface area contributed by atoms with Crippen LogP contribution < -0.4 is 0 Å². The number of carbonyl (C=O) groups excluding carboxylic acids is 1. The highest BCUT2D eigenvalue weighted by Gasteiger charge is 2.35. The Bertz CT molecular complexity index is 203. The lowest BCUT2D eigenvalue weighted by atomic mass is 9.79. The molecule has 0 aromatic heterocycles. The molecule has 1 rings (SSSR count). The third-order valence-electron chi connectivity index (χ3n) is 2.51. The largest absolute Gasteiger partial charge is 0.294 e. The van der Waals surface area contributed by atoms with Crippen molar-refractivity contribution in [2.45, 2.75) is 26.2 Å². The van der Waals surface area contributed by atoms with E-state index >= 15 is 0 Å². The van der Waals surface area contributed by atoms with Crippen molar-refractivity contribution < 1.29 is 4.79 Å². The van der Waals surface area contributed by atoms with Crippen molar-refractivity contribution in [3.63, 3.8) is 0 Å². The molecule has 1 atom stereocenters. The average Bonchev–Trinajstić information content (AvgIpc) is 2.35. The quantitative estimate of drug-likeness (QED) is 0.565. The minimum absolute atomic E-state index is 0.123. The second-order valence-corrected chi connectivity index (χ2v) is 3.10. The van der Waals surface area contributed by atoms with E-state index in [1.165, 1.54) is 0 Å². The van der Waals surface area contributed by atoms with Crippen molar-refractivity contribution in [3.8, 4) is 0 Å². The van der Waals surface area contributed by atoms with E-state index in [1.807, 2.05) is 12.2 Å². The lowest BCUT2D eigenvalue weighted by Gasteiger charge is -2.23. The Balaban J connectivity index is 2.76. The zero-order valence-corrected chi connectivity index (χ0v) is 6.97. The fourth-order valence-corrected chi connectivity index (χ4v) is 1.59. The molecule has 1 nitrogen and oxygen atoms in total. The number of hydrogen-bond donors (Lipinski definition) is 0. The van der Waals surface area contributed by atoms with Gasteiger partial charge in [-0.3, -0.25) is 4.79 Å². The molecule has 0 aromatic rings. The highest BCUT2D eigenvalue weighted by Crippen LogP contribution is 2.37. The summed E-state index contributed by atoms with van der Waals surface area (Å²) < 4.78 is 0. The van der Waals surface area contributed by atoms with Gasteiger partial charge in [0.2, 0.25) is 0 Å². The number of allylic oxidation sites excluding steroid dienone is 3. The first-order chi connectivity index (χ1) is 5.25. The Kier molecular flexibility index (Phi) is 2.28. The van der Waals surface area contributed by atoms with Crippen LogP contribution in [0.1, 0.15) is 26.2 Å². The van der Waals surface area contributed by atoms with Gasteiger partial charge in [0, 0.05) is 5.41 Å². The topological polar surface area (TPSA) is 17.1 Å². The molecule has 0 spiro atoms. The molecule has 0 radical (unpaired) electrons. The zero-order chi connectivity index (χ0) is 8.32. The molecule has 1 aliphatic carbocycles. The molecule has 11 heavy (non-hydrogen) atoms. The van der Waals surface area contributed by atoms with Gasteiger partial charge in [0.25, 0.3) is 0 Å². The van der Waals surface area contributed by atoms with Crippen molar-refractivity contribution in [1.82, 2.24) is 0 Å². The molecule has 0 aliphatic heterocycles. The first kappa shape index (κ1) is 8.25. The summed E-state index contributed by atoms with van der Waals surface area (Å²) in [5, 5.41) is 0. The van der Waals surface area contributed by atoms with Crippen LogP contribution in [0.2, 0.25) is 0 Å². The lowest BCUT2D eigenvalue weighted by Crippen LogP contribution is -2.24. The van der Waals surface area contributed by atoms with E-state index in [4.69, 9.17) is 0 Å². The molecule has 0 saturated heterocycles. The number of rotatable bonds is 3. The van der Waals surface area contributed by atoms with Crippen LogP contribution in [0, 0.1) is 5.41 Å². The van der Waals surface area contributed by atoms with E-state index in [1.54, 1.807) is 6.08 Å². The predicted molar refractivity (Wildman–Crippen MR) is 46.3 cm³/mol. The molecule has 0 saturated carbocycles. The molecule has 0 N–H and O–H groups in total. The van der Waals surface area contributed by atoms with E-state index in [2.05, 4.69) is 13.5 Å². The molecule has 0 bridgehead atoms. The molecule has 1 aliphatic rings. The van der Waals surface area contributed by atoms with E-state index in [-0.39, 0.29) is 11.2 Å². The fourth-order valence-electron chi connectivity index (χ4n) is 1.59. The predicted octanol–water partition coefficient (Wildman–Crippen LogP) is 2.49. The summed E-state index contributed by atoms with van der Waals surface area (Å²) in [4.78, 5) is 11.4. The SMILES string of the molecule is C=CC[C@@]1(CC)CC=CC1=O. The second kappa shape index (κ2) is 3.04. The van der Waals surface area contributed by atoms with Gasteiger partial charge in [-0.1, -0.05) is 19.1 Å². The maximum atomic E-state index is 11.4.